The van der Waals surface area contributed by atoms with Crippen molar-refractivity contribution < 1.29 is 22.9 Å². The van der Waals surface area contributed by atoms with E-state index >= 15 is 0 Å². The quantitative estimate of drug-likeness (QED) is 0.703. The molecule has 0 bridgehead atoms. The number of phosphoric acid groups is 1. The Morgan fingerprint density at radius 2 is 1.39 bits per heavy atom. The number of phosphoric ester groups is 1. The van der Waals surface area contributed by atoms with E-state index in [4.69, 9.17) is 18.3 Å². The summed E-state index contributed by atoms with van der Waals surface area (Å²) in [6.07, 6.45) is 3.43. The van der Waals surface area contributed by atoms with E-state index in [9.17, 15) is 4.57 Å². The molecule has 0 radical (unpaired) electrons. The van der Waals surface area contributed by atoms with Gasteiger partial charge in [0.25, 0.3) is 5.95 Å². The Kier molecular flexibility index (Phi) is 4.89. The predicted octanol–water partition coefficient (Wildman–Crippen LogP) is 4.92. The van der Waals surface area contributed by atoms with Gasteiger partial charge in [0.1, 0.15) is 11.5 Å². The van der Waals surface area contributed by atoms with Crippen LogP contribution in [0.2, 0.25) is 0 Å². The molecular weight excluding hydrogens is 315 g/mol. The smallest absolute Gasteiger partial charge is 0.465 e. The molecule has 3 rings (SSSR count). The highest BCUT2D eigenvalue weighted by Gasteiger charge is 2.35. The summed E-state index contributed by atoms with van der Waals surface area (Å²) in [5.74, 6) is 0.956. The molecule has 0 saturated heterocycles. The van der Waals surface area contributed by atoms with Gasteiger partial charge in [-0.05, 0) is 43.2 Å². The first-order valence-electron chi connectivity index (χ1n) is 7.35. The maximum Gasteiger partial charge on any atom is 0.649 e. The Hall–Kier alpha value is -2.39. The summed E-state index contributed by atoms with van der Waals surface area (Å²) in [7, 11) is -3.92. The van der Waals surface area contributed by atoms with Crippen molar-refractivity contribution in [3.05, 3.63) is 72.7 Å². The van der Waals surface area contributed by atoms with Crippen molar-refractivity contribution >= 4 is 7.82 Å². The van der Waals surface area contributed by atoms with Crippen LogP contribution in [0, 0.1) is 0 Å². The van der Waals surface area contributed by atoms with Crippen LogP contribution in [0.1, 0.15) is 12.8 Å². The van der Waals surface area contributed by atoms with Gasteiger partial charge < -0.3 is 18.3 Å². The van der Waals surface area contributed by atoms with E-state index in [1.807, 2.05) is 12.1 Å². The highest BCUT2D eigenvalue weighted by Crippen LogP contribution is 2.51. The fourth-order valence-corrected chi connectivity index (χ4v) is 3.20. The van der Waals surface area contributed by atoms with Gasteiger partial charge in [-0.15, -0.1) is 0 Å². The number of ether oxygens (including phenoxy) is 1. The number of para-hydroxylation sites is 2. The van der Waals surface area contributed by atoms with Gasteiger partial charge in [0.2, 0.25) is 0 Å². The molecule has 0 aliphatic carbocycles. The molecule has 0 unspecified atom stereocenters. The summed E-state index contributed by atoms with van der Waals surface area (Å²) in [4.78, 5) is 0. The van der Waals surface area contributed by atoms with Gasteiger partial charge in [-0.1, -0.05) is 36.4 Å². The molecule has 2 aromatic rings. The first-order valence-corrected chi connectivity index (χ1v) is 8.81. The molecule has 6 heteroatoms. The van der Waals surface area contributed by atoms with E-state index in [-0.39, 0.29) is 5.95 Å². The lowest BCUT2D eigenvalue weighted by Crippen LogP contribution is -2.09. The molecule has 0 saturated carbocycles. The minimum atomic E-state index is -3.92. The SMILES string of the molecule is O=P(OC1=CCCCO1)(Oc1ccccc1)Oc1ccccc1. The average Bonchev–Trinajstić information content (AvgIpc) is 2.57. The monoisotopic (exact) mass is 332 g/mol. The van der Waals surface area contributed by atoms with Gasteiger partial charge in [-0.25, -0.2) is 0 Å². The second-order valence-electron chi connectivity index (χ2n) is 4.86. The molecule has 1 aliphatic heterocycles. The molecule has 0 N–H and O–H groups in total. The molecular formula is C17H17O5P. The Morgan fingerprint density at radius 3 is 1.87 bits per heavy atom. The van der Waals surface area contributed by atoms with Crippen molar-refractivity contribution in [2.75, 3.05) is 6.61 Å². The summed E-state index contributed by atoms with van der Waals surface area (Å²) in [6.45, 7) is 0.516. The summed E-state index contributed by atoms with van der Waals surface area (Å²) >= 11 is 0. The van der Waals surface area contributed by atoms with E-state index in [0.29, 0.717) is 18.1 Å². The molecule has 120 valence electrons. The molecule has 1 aliphatic rings. The molecule has 23 heavy (non-hydrogen) atoms. The second-order valence-corrected chi connectivity index (χ2v) is 6.30. The van der Waals surface area contributed by atoms with E-state index in [1.54, 1.807) is 54.6 Å². The highest BCUT2D eigenvalue weighted by molar-refractivity contribution is 7.49. The lowest BCUT2D eigenvalue weighted by molar-refractivity contribution is 0.0751. The number of hydrogen-bond acceptors (Lipinski definition) is 5. The molecule has 1 heterocycles. The van der Waals surface area contributed by atoms with Gasteiger partial charge >= 0.3 is 7.82 Å². The van der Waals surface area contributed by atoms with Crippen LogP contribution in [-0.4, -0.2) is 6.61 Å². The number of benzene rings is 2. The zero-order valence-corrected chi connectivity index (χ0v) is 13.4. The van der Waals surface area contributed by atoms with Crippen LogP contribution in [0.4, 0.5) is 0 Å². The van der Waals surface area contributed by atoms with Crippen LogP contribution in [0.25, 0.3) is 0 Å². The topological polar surface area (TPSA) is 54.0 Å². The molecule has 2 aromatic carbocycles. The van der Waals surface area contributed by atoms with Crippen LogP contribution in [-0.2, 0) is 13.8 Å². The molecule has 0 atom stereocenters. The fraction of sp³-hybridized carbons (Fsp3) is 0.176. The molecule has 0 fully saturated rings. The third kappa shape index (κ3) is 4.54. The van der Waals surface area contributed by atoms with Gasteiger partial charge in [0.15, 0.2) is 0 Å². The number of rotatable bonds is 6. The van der Waals surface area contributed by atoms with Gasteiger partial charge in [0.05, 0.1) is 6.61 Å². The Labute approximate surface area is 135 Å². The maximum absolute atomic E-state index is 13.0. The standard InChI is InChI=1S/C17H17O5P/c18-23(20-15-9-3-1-4-10-15,21-16-11-5-2-6-12-16)22-17-13-7-8-14-19-17/h1-6,9-13H,7-8,14H2. The number of allylic oxidation sites excluding steroid dienone is 1. The zero-order chi connectivity index (χ0) is 16.0. The summed E-state index contributed by atoms with van der Waals surface area (Å²) in [6, 6.07) is 17.5. The van der Waals surface area contributed by atoms with E-state index in [1.165, 1.54) is 0 Å². The predicted molar refractivity (Wildman–Crippen MR) is 86.1 cm³/mol. The van der Waals surface area contributed by atoms with E-state index < -0.39 is 7.82 Å². The second kappa shape index (κ2) is 7.25. The van der Waals surface area contributed by atoms with Crippen molar-refractivity contribution in [1.82, 2.24) is 0 Å². The maximum atomic E-state index is 13.0. The van der Waals surface area contributed by atoms with Gasteiger partial charge in [-0.3, -0.25) is 0 Å². The molecule has 5 nitrogen and oxygen atoms in total. The molecule has 0 spiro atoms. The van der Waals surface area contributed by atoms with Crippen LogP contribution in [0.5, 0.6) is 11.5 Å². The van der Waals surface area contributed by atoms with E-state index in [2.05, 4.69) is 0 Å². The van der Waals surface area contributed by atoms with Gasteiger partial charge in [0, 0.05) is 0 Å². The Morgan fingerprint density at radius 1 is 0.826 bits per heavy atom. The number of hydrogen-bond donors (Lipinski definition) is 0. The van der Waals surface area contributed by atoms with Crippen molar-refractivity contribution in [3.8, 4) is 11.5 Å². The zero-order valence-electron chi connectivity index (χ0n) is 12.5. The first kappa shape index (κ1) is 15.5. The molecule has 0 aromatic heterocycles. The Bertz CT molecular complexity index is 654. The van der Waals surface area contributed by atoms with Crippen LogP contribution >= 0.6 is 7.82 Å². The summed E-state index contributed by atoms with van der Waals surface area (Å²) in [5.41, 5.74) is 0. The minimum Gasteiger partial charge on any atom is -0.465 e. The van der Waals surface area contributed by atoms with Crippen molar-refractivity contribution in [2.24, 2.45) is 0 Å². The third-order valence-electron chi connectivity index (χ3n) is 3.03. The van der Waals surface area contributed by atoms with Crippen LogP contribution in [0.15, 0.2) is 72.7 Å². The highest BCUT2D eigenvalue weighted by atomic mass is 31.2. The fourth-order valence-electron chi connectivity index (χ4n) is 1.99. The van der Waals surface area contributed by atoms with E-state index in [0.717, 1.165) is 12.8 Å². The first-order chi connectivity index (χ1) is 11.2. The van der Waals surface area contributed by atoms with Crippen molar-refractivity contribution in [1.29, 1.82) is 0 Å². The summed E-state index contributed by atoms with van der Waals surface area (Å²) < 4.78 is 34.8. The summed E-state index contributed by atoms with van der Waals surface area (Å²) in [5, 5.41) is 0. The lowest BCUT2D eigenvalue weighted by Gasteiger charge is -2.22. The van der Waals surface area contributed by atoms with Crippen LogP contribution in [0.3, 0.4) is 0 Å². The normalized spacial score (nSPS) is 14.3. The van der Waals surface area contributed by atoms with Crippen molar-refractivity contribution in [2.45, 2.75) is 12.8 Å². The largest absolute Gasteiger partial charge is 0.649 e. The van der Waals surface area contributed by atoms with Crippen molar-refractivity contribution in [3.63, 3.8) is 0 Å². The third-order valence-corrected chi connectivity index (χ3v) is 4.30. The minimum absolute atomic E-state index is 0.173. The Balaban J connectivity index is 1.82. The average molecular weight is 332 g/mol. The van der Waals surface area contributed by atoms with Gasteiger partial charge in [-0.2, -0.15) is 4.57 Å². The lowest BCUT2D eigenvalue weighted by atomic mass is 10.3. The van der Waals surface area contributed by atoms with Crippen LogP contribution < -0.4 is 9.05 Å². The molecule has 0 amide bonds.